The summed E-state index contributed by atoms with van der Waals surface area (Å²) in [4.78, 5) is 0.196. The van der Waals surface area contributed by atoms with Gasteiger partial charge in [-0.2, -0.15) is 0 Å². The van der Waals surface area contributed by atoms with E-state index in [4.69, 9.17) is 11.6 Å². The van der Waals surface area contributed by atoms with Crippen molar-refractivity contribution >= 4 is 27.5 Å². The third-order valence-electron chi connectivity index (χ3n) is 2.34. The quantitative estimate of drug-likeness (QED) is 0.792. The Hall–Kier alpha value is -0.870. The van der Waals surface area contributed by atoms with E-state index in [2.05, 4.69) is 26.2 Å². The van der Waals surface area contributed by atoms with E-state index in [1.165, 1.54) is 0 Å². The van der Waals surface area contributed by atoms with Crippen molar-refractivity contribution in [3.05, 3.63) is 40.7 Å². The molecule has 1 aromatic heterocycles. The number of alkyl halides is 1. The molecule has 0 aliphatic rings. The van der Waals surface area contributed by atoms with E-state index >= 15 is 0 Å². The normalized spacial score (nSPS) is 12.8. The predicted octanol–water partition coefficient (Wildman–Crippen LogP) is 3.69. The highest BCUT2D eigenvalue weighted by molar-refractivity contribution is 9.09. The maximum atomic E-state index is 6.06. The fourth-order valence-corrected chi connectivity index (χ4v) is 1.69. The fraction of sp³-hybridized carbons (Fsp3) is 0.273. The van der Waals surface area contributed by atoms with E-state index in [1.54, 1.807) is 4.68 Å². The summed E-state index contributed by atoms with van der Waals surface area (Å²) in [6, 6.07) is 5.82. The lowest BCUT2D eigenvalue weighted by atomic mass is 10.2. The van der Waals surface area contributed by atoms with Gasteiger partial charge in [-0.1, -0.05) is 38.8 Å². The number of nitrogens with zero attached hydrogens (tertiary/aromatic N) is 3. The SMILES string of the molecule is Cc1ccc(-n2cc(C(C)Br)nn2)cc1Cl. The van der Waals surface area contributed by atoms with Gasteiger partial charge in [-0.05, 0) is 31.5 Å². The van der Waals surface area contributed by atoms with Gasteiger partial charge in [-0.15, -0.1) is 5.10 Å². The lowest BCUT2D eigenvalue weighted by molar-refractivity contribution is 0.797. The van der Waals surface area contributed by atoms with Gasteiger partial charge in [0.1, 0.15) is 0 Å². The maximum absolute atomic E-state index is 6.06. The van der Waals surface area contributed by atoms with E-state index in [1.807, 2.05) is 38.2 Å². The Morgan fingerprint density at radius 3 is 2.75 bits per heavy atom. The zero-order valence-electron chi connectivity index (χ0n) is 8.98. The molecule has 0 spiro atoms. The van der Waals surface area contributed by atoms with E-state index < -0.39 is 0 Å². The predicted molar refractivity (Wildman–Crippen MR) is 68.4 cm³/mol. The van der Waals surface area contributed by atoms with Crippen molar-refractivity contribution in [1.82, 2.24) is 15.0 Å². The zero-order valence-corrected chi connectivity index (χ0v) is 11.3. The number of benzene rings is 1. The van der Waals surface area contributed by atoms with Gasteiger partial charge in [0.25, 0.3) is 0 Å². The molecule has 0 aliphatic carbocycles. The first-order chi connectivity index (χ1) is 7.58. The number of aryl methyl sites for hydroxylation is 1. The van der Waals surface area contributed by atoms with Gasteiger partial charge in [0, 0.05) is 5.02 Å². The first kappa shape index (κ1) is 11.6. The van der Waals surface area contributed by atoms with Gasteiger partial charge >= 0.3 is 0 Å². The Labute approximate surface area is 108 Å². The maximum Gasteiger partial charge on any atom is 0.0965 e. The summed E-state index contributed by atoms with van der Waals surface area (Å²) < 4.78 is 1.72. The van der Waals surface area contributed by atoms with Crippen LogP contribution in [0, 0.1) is 6.92 Å². The molecule has 1 unspecified atom stereocenters. The summed E-state index contributed by atoms with van der Waals surface area (Å²) in [5.74, 6) is 0. The Balaban J connectivity index is 2.39. The molecule has 0 saturated carbocycles. The number of hydrogen-bond acceptors (Lipinski definition) is 2. The van der Waals surface area contributed by atoms with Gasteiger partial charge in [0.15, 0.2) is 0 Å². The van der Waals surface area contributed by atoms with Gasteiger partial charge < -0.3 is 0 Å². The Morgan fingerprint density at radius 2 is 2.19 bits per heavy atom. The van der Waals surface area contributed by atoms with Gasteiger partial charge in [-0.25, -0.2) is 4.68 Å². The van der Waals surface area contributed by atoms with Crippen molar-refractivity contribution in [2.24, 2.45) is 0 Å². The second kappa shape index (κ2) is 4.55. The molecule has 0 bridgehead atoms. The zero-order chi connectivity index (χ0) is 11.7. The van der Waals surface area contributed by atoms with Crippen LogP contribution in [0.4, 0.5) is 0 Å². The molecule has 1 aromatic carbocycles. The summed E-state index contributed by atoms with van der Waals surface area (Å²) in [5.41, 5.74) is 2.87. The minimum Gasteiger partial charge on any atom is -0.220 e. The van der Waals surface area contributed by atoms with Gasteiger partial charge in [0.05, 0.1) is 22.4 Å². The Morgan fingerprint density at radius 1 is 1.44 bits per heavy atom. The summed E-state index contributed by atoms with van der Waals surface area (Å²) >= 11 is 9.51. The van der Waals surface area contributed by atoms with Crippen LogP contribution >= 0.6 is 27.5 Å². The highest BCUT2D eigenvalue weighted by Gasteiger charge is 2.08. The summed E-state index contributed by atoms with van der Waals surface area (Å²) in [6.07, 6.45) is 1.89. The number of hydrogen-bond donors (Lipinski definition) is 0. The minimum absolute atomic E-state index is 0.196. The van der Waals surface area contributed by atoms with Crippen LogP contribution in [0.3, 0.4) is 0 Å². The summed E-state index contributed by atoms with van der Waals surface area (Å²) in [5, 5.41) is 8.86. The molecular weight excluding hydrogens is 289 g/mol. The van der Waals surface area contributed by atoms with Crippen molar-refractivity contribution in [3.8, 4) is 5.69 Å². The van der Waals surface area contributed by atoms with Crippen molar-refractivity contribution in [1.29, 1.82) is 0 Å². The Bertz CT molecular complexity index is 508. The van der Waals surface area contributed by atoms with Crippen LogP contribution in [-0.4, -0.2) is 15.0 Å². The molecule has 2 rings (SSSR count). The lowest BCUT2D eigenvalue weighted by Crippen LogP contribution is -1.95. The van der Waals surface area contributed by atoms with Crippen LogP contribution in [0.15, 0.2) is 24.4 Å². The van der Waals surface area contributed by atoms with E-state index in [9.17, 15) is 0 Å². The fourth-order valence-electron chi connectivity index (χ4n) is 1.31. The second-order valence-electron chi connectivity index (χ2n) is 3.64. The third kappa shape index (κ3) is 2.28. The molecule has 3 nitrogen and oxygen atoms in total. The average Bonchev–Trinajstić information content (AvgIpc) is 2.71. The average molecular weight is 301 g/mol. The van der Waals surface area contributed by atoms with Crippen molar-refractivity contribution in [2.75, 3.05) is 0 Å². The first-order valence-electron chi connectivity index (χ1n) is 4.91. The van der Waals surface area contributed by atoms with Gasteiger partial charge in [0.2, 0.25) is 0 Å². The molecule has 0 aliphatic heterocycles. The number of rotatable bonds is 2. The molecule has 0 saturated heterocycles. The highest BCUT2D eigenvalue weighted by atomic mass is 79.9. The van der Waals surface area contributed by atoms with Crippen LogP contribution < -0.4 is 0 Å². The standard InChI is InChI=1S/C11H11BrClN3/c1-7-3-4-9(5-10(7)13)16-6-11(8(2)12)14-15-16/h3-6,8H,1-2H3. The molecule has 5 heteroatoms. The molecule has 16 heavy (non-hydrogen) atoms. The van der Waals surface area contributed by atoms with Crippen LogP contribution in [0.1, 0.15) is 23.0 Å². The first-order valence-corrected chi connectivity index (χ1v) is 6.20. The molecule has 0 radical (unpaired) electrons. The third-order valence-corrected chi connectivity index (χ3v) is 3.21. The number of halogens is 2. The molecule has 1 atom stereocenters. The van der Waals surface area contributed by atoms with Crippen molar-refractivity contribution in [3.63, 3.8) is 0 Å². The second-order valence-corrected chi connectivity index (χ2v) is 5.42. The molecule has 1 heterocycles. The monoisotopic (exact) mass is 299 g/mol. The van der Waals surface area contributed by atoms with E-state index in [0.29, 0.717) is 0 Å². The topological polar surface area (TPSA) is 30.7 Å². The van der Waals surface area contributed by atoms with Crippen molar-refractivity contribution < 1.29 is 0 Å². The van der Waals surface area contributed by atoms with Crippen LogP contribution in [0.2, 0.25) is 5.02 Å². The molecular formula is C11H11BrClN3. The van der Waals surface area contributed by atoms with E-state index in [-0.39, 0.29) is 4.83 Å². The summed E-state index contributed by atoms with van der Waals surface area (Å²) in [7, 11) is 0. The van der Waals surface area contributed by atoms with Crippen LogP contribution in [0.25, 0.3) is 5.69 Å². The van der Waals surface area contributed by atoms with Crippen LogP contribution in [-0.2, 0) is 0 Å². The smallest absolute Gasteiger partial charge is 0.0965 e. The number of aromatic nitrogens is 3. The molecule has 84 valence electrons. The molecule has 0 amide bonds. The van der Waals surface area contributed by atoms with Gasteiger partial charge in [-0.3, -0.25) is 0 Å². The van der Waals surface area contributed by atoms with Crippen LogP contribution in [0.5, 0.6) is 0 Å². The molecule has 0 N–H and O–H groups in total. The highest BCUT2D eigenvalue weighted by Crippen LogP contribution is 2.22. The summed E-state index contributed by atoms with van der Waals surface area (Å²) in [6.45, 7) is 3.98. The lowest BCUT2D eigenvalue weighted by Gasteiger charge is -2.02. The van der Waals surface area contributed by atoms with E-state index in [0.717, 1.165) is 22.0 Å². The minimum atomic E-state index is 0.196. The molecule has 0 fully saturated rings. The largest absolute Gasteiger partial charge is 0.220 e. The van der Waals surface area contributed by atoms with Crippen molar-refractivity contribution in [2.45, 2.75) is 18.7 Å². The Kier molecular flexibility index (Phi) is 3.30. The molecule has 2 aromatic rings.